The predicted molar refractivity (Wildman–Crippen MR) is 56.8 cm³/mol. The van der Waals surface area contributed by atoms with Crippen molar-refractivity contribution in [1.82, 2.24) is 5.43 Å². The van der Waals surface area contributed by atoms with Gasteiger partial charge in [-0.25, -0.2) is 5.43 Å². The van der Waals surface area contributed by atoms with Crippen LogP contribution in [0.15, 0.2) is 29.4 Å². The van der Waals surface area contributed by atoms with E-state index in [1.807, 2.05) is 24.3 Å². The molecule has 1 aliphatic rings. The van der Waals surface area contributed by atoms with Crippen molar-refractivity contribution in [2.75, 3.05) is 0 Å². The zero-order valence-electron chi connectivity index (χ0n) is 8.10. The maximum Gasteiger partial charge on any atom is 0.255 e. The first kappa shape index (κ1) is 9.67. The van der Waals surface area contributed by atoms with Gasteiger partial charge in [0.05, 0.1) is 0 Å². The lowest BCUT2D eigenvalue weighted by molar-refractivity contribution is -0.120. The molecule has 1 aromatic carbocycles. The van der Waals surface area contributed by atoms with Crippen LogP contribution in [-0.4, -0.2) is 11.7 Å². The van der Waals surface area contributed by atoms with E-state index < -0.39 is 5.92 Å². The Morgan fingerprint density at radius 1 is 1.40 bits per heavy atom. The monoisotopic (exact) mass is 204 g/mol. The highest BCUT2D eigenvalue weighted by Crippen LogP contribution is 2.22. The lowest BCUT2D eigenvalue weighted by atomic mass is 9.93. The van der Waals surface area contributed by atoms with Gasteiger partial charge in [-0.05, 0) is 11.1 Å². The number of hydrogen-bond donors (Lipinski definition) is 3. The third-order valence-corrected chi connectivity index (χ3v) is 2.44. The van der Waals surface area contributed by atoms with Crippen LogP contribution in [0.4, 0.5) is 0 Å². The van der Waals surface area contributed by atoms with E-state index in [-0.39, 0.29) is 5.91 Å². The predicted octanol–water partition coefficient (Wildman–Crippen LogP) is -0.369. The van der Waals surface area contributed by atoms with E-state index in [0.717, 1.165) is 11.1 Å². The Kier molecular flexibility index (Phi) is 2.39. The fourth-order valence-corrected chi connectivity index (χ4v) is 1.69. The highest BCUT2D eigenvalue weighted by Gasteiger charge is 2.30. The van der Waals surface area contributed by atoms with Crippen molar-refractivity contribution in [1.29, 1.82) is 0 Å². The number of hydrogen-bond acceptors (Lipinski definition) is 4. The van der Waals surface area contributed by atoms with Crippen molar-refractivity contribution in [3.63, 3.8) is 0 Å². The Hall–Kier alpha value is -1.88. The second-order valence-electron chi connectivity index (χ2n) is 3.35. The first-order valence-corrected chi connectivity index (χ1v) is 4.65. The van der Waals surface area contributed by atoms with Gasteiger partial charge in [-0.3, -0.25) is 4.79 Å². The molecule has 0 fully saturated rings. The fraction of sp³-hybridized carbons (Fsp3) is 0.200. The molecule has 1 unspecified atom stereocenters. The molecule has 1 aliphatic heterocycles. The van der Waals surface area contributed by atoms with E-state index in [9.17, 15) is 4.79 Å². The molecule has 0 aliphatic carbocycles. The van der Waals surface area contributed by atoms with Crippen LogP contribution in [0.25, 0.3) is 0 Å². The van der Waals surface area contributed by atoms with E-state index >= 15 is 0 Å². The number of carbonyl (C=O) groups excluding carboxylic acids is 1. The van der Waals surface area contributed by atoms with E-state index in [1.165, 1.54) is 0 Å². The van der Waals surface area contributed by atoms with Gasteiger partial charge in [0, 0.05) is 6.54 Å². The Morgan fingerprint density at radius 2 is 2.13 bits per heavy atom. The Bertz CT molecular complexity index is 427. The first-order valence-electron chi connectivity index (χ1n) is 4.65. The molecule has 2 rings (SSSR count). The molecule has 0 saturated heterocycles. The van der Waals surface area contributed by atoms with Crippen molar-refractivity contribution in [2.45, 2.75) is 12.5 Å². The largest absolute Gasteiger partial charge is 0.385 e. The number of nitrogens with two attached hydrogens (primary N) is 2. The summed E-state index contributed by atoms with van der Waals surface area (Å²) >= 11 is 0. The first-order chi connectivity index (χ1) is 7.24. The van der Waals surface area contributed by atoms with Gasteiger partial charge >= 0.3 is 0 Å². The van der Waals surface area contributed by atoms with Gasteiger partial charge in [-0.15, -0.1) is 0 Å². The highest BCUT2D eigenvalue weighted by atomic mass is 16.2. The van der Waals surface area contributed by atoms with Gasteiger partial charge in [0.1, 0.15) is 11.8 Å². The maximum absolute atomic E-state index is 11.5. The molecular formula is C10H12N4O. The molecule has 0 bridgehead atoms. The molecule has 5 heteroatoms. The second-order valence-corrected chi connectivity index (χ2v) is 3.35. The lowest BCUT2D eigenvalue weighted by Crippen LogP contribution is -2.26. The number of amides is 1. The summed E-state index contributed by atoms with van der Waals surface area (Å²) in [6.07, 6.45) is 0. The van der Waals surface area contributed by atoms with Gasteiger partial charge in [0.2, 0.25) is 0 Å². The average Bonchev–Trinajstić information content (AvgIpc) is 2.59. The summed E-state index contributed by atoms with van der Waals surface area (Å²) in [5.74, 6) is -0.404. The number of nitrogens with one attached hydrogen (secondary N) is 1. The molecule has 0 saturated carbocycles. The Morgan fingerprint density at radius 3 is 2.73 bits per heavy atom. The van der Waals surface area contributed by atoms with Gasteiger partial charge in [0.25, 0.3) is 5.91 Å². The summed E-state index contributed by atoms with van der Waals surface area (Å²) in [5, 5.41) is 3.70. The summed E-state index contributed by atoms with van der Waals surface area (Å²) in [7, 11) is 0. The normalized spacial score (nSPS) is 19.9. The summed E-state index contributed by atoms with van der Waals surface area (Å²) < 4.78 is 0. The molecule has 1 atom stereocenters. The third-order valence-electron chi connectivity index (χ3n) is 2.44. The number of benzene rings is 1. The number of carbonyl (C=O) groups is 1. The van der Waals surface area contributed by atoms with E-state index in [4.69, 9.17) is 11.5 Å². The van der Waals surface area contributed by atoms with E-state index in [2.05, 4.69) is 10.5 Å². The molecule has 0 spiro atoms. The van der Waals surface area contributed by atoms with Gasteiger partial charge in [-0.1, -0.05) is 24.3 Å². The number of nitrogens with zero attached hydrogens (tertiary/aromatic N) is 1. The third kappa shape index (κ3) is 1.57. The van der Waals surface area contributed by atoms with Crippen LogP contribution in [-0.2, 0) is 11.3 Å². The number of hydrazone groups is 1. The standard InChI is InChI=1S/C10H12N4O/c11-5-6-3-1-2-4-7(6)8-9(12)13-14-10(8)15/h1-4,8H,5,11H2,(H2,12,13)(H,14,15). The molecule has 1 aromatic rings. The minimum absolute atomic E-state index is 0.201. The van der Waals surface area contributed by atoms with Crippen molar-refractivity contribution < 1.29 is 4.79 Å². The zero-order valence-corrected chi connectivity index (χ0v) is 8.10. The lowest BCUT2D eigenvalue weighted by Gasteiger charge is -2.12. The molecule has 78 valence electrons. The van der Waals surface area contributed by atoms with Gasteiger partial charge in [0.15, 0.2) is 0 Å². The van der Waals surface area contributed by atoms with Gasteiger partial charge < -0.3 is 11.5 Å². The van der Waals surface area contributed by atoms with Crippen LogP contribution >= 0.6 is 0 Å². The molecule has 0 radical (unpaired) electrons. The smallest absolute Gasteiger partial charge is 0.255 e. The van der Waals surface area contributed by atoms with Crippen LogP contribution < -0.4 is 16.9 Å². The number of amidine groups is 1. The Balaban J connectivity index is 2.45. The van der Waals surface area contributed by atoms with Crippen LogP contribution in [0.3, 0.4) is 0 Å². The second kappa shape index (κ2) is 3.70. The minimum Gasteiger partial charge on any atom is -0.385 e. The molecular weight excluding hydrogens is 192 g/mol. The van der Waals surface area contributed by atoms with E-state index in [1.54, 1.807) is 0 Å². The molecule has 15 heavy (non-hydrogen) atoms. The number of rotatable bonds is 2. The van der Waals surface area contributed by atoms with Crippen molar-refractivity contribution in [3.05, 3.63) is 35.4 Å². The molecule has 5 nitrogen and oxygen atoms in total. The van der Waals surface area contributed by atoms with Crippen molar-refractivity contribution >= 4 is 11.7 Å². The van der Waals surface area contributed by atoms with Crippen LogP contribution in [0.2, 0.25) is 0 Å². The molecule has 0 aromatic heterocycles. The zero-order chi connectivity index (χ0) is 10.8. The fourth-order valence-electron chi connectivity index (χ4n) is 1.69. The van der Waals surface area contributed by atoms with Crippen LogP contribution in [0, 0.1) is 0 Å². The van der Waals surface area contributed by atoms with Crippen molar-refractivity contribution in [2.24, 2.45) is 16.6 Å². The summed E-state index contributed by atoms with van der Waals surface area (Å²) in [5.41, 5.74) is 15.3. The summed E-state index contributed by atoms with van der Waals surface area (Å²) in [6.45, 7) is 0.382. The van der Waals surface area contributed by atoms with Crippen LogP contribution in [0.5, 0.6) is 0 Å². The maximum atomic E-state index is 11.5. The molecule has 1 heterocycles. The SMILES string of the molecule is NCc1ccccc1C1C(=O)NN=C1N. The van der Waals surface area contributed by atoms with Crippen LogP contribution in [0.1, 0.15) is 17.0 Å². The quantitative estimate of drug-likeness (QED) is 0.613. The van der Waals surface area contributed by atoms with Crippen molar-refractivity contribution in [3.8, 4) is 0 Å². The summed E-state index contributed by atoms with van der Waals surface area (Å²) in [4.78, 5) is 11.5. The topological polar surface area (TPSA) is 93.5 Å². The summed E-state index contributed by atoms with van der Waals surface area (Å²) in [6, 6.07) is 7.47. The van der Waals surface area contributed by atoms with Gasteiger partial charge in [-0.2, -0.15) is 5.10 Å². The highest BCUT2D eigenvalue weighted by molar-refractivity contribution is 6.11. The molecule has 5 N–H and O–H groups in total. The Labute approximate surface area is 87.1 Å². The minimum atomic E-state index is -0.496. The average molecular weight is 204 g/mol. The molecule has 1 amide bonds. The van der Waals surface area contributed by atoms with E-state index in [0.29, 0.717) is 12.4 Å².